The van der Waals surface area contributed by atoms with Crippen molar-refractivity contribution in [3.8, 4) is 11.5 Å². The van der Waals surface area contributed by atoms with E-state index in [2.05, 4.69) is 30.1 Å². The number of fused-ring (bicyclic) bond motifs is 1. The summed E-state index contributed by atoms with van der Waals surface area (Å²) in [4.78, 5) is 23.4. The van der Waals surface area contributed by atoms with Crippen LogP contribution in [-0.2, 0) is 0 Å². The van der Waals surface area contributed by atoms with Gasteiger partial charge in [-0.05, 0) is 56.7 Å². The van der Waals surface area contributed by atoms with Crippen LogP contribution in [0, 0.1) is 12.8 Å². The molecule has 8 nitrogen and oxygen atoms in total. The van der Waals surface area contributed by atoms with E-state index in [1.165, 1.54) is 18.2 Å². The number of anilines is 2. The molecule has 0 spiro atoms. The van der Waals surface area contributed by atoms with Gasteiger partial charge in [-0.1, -0.05) is 0 Å². The molecule has 10 heteroatoms. The van der Waals surface area contributed by atoms with Crippen molar-refractivity contribution in [2.24, 2.45) is 5.92 Å². The molecule has 1 aromatic carbocycles. The minimum absolute atomic E-state index is 0.0762. The zero-order valence-corrected chi connectivity index (χ0v) is 18.3. The van der Waals surface area contributed by atoms with Gasteiger partial charge in [-0.25, -0.2) is 4.98 Å². The Morgan fingerprint density at radius 2 is 1.84 bits per heavy atom. The van der Waals surface area contributed by atoms with Gasteiger partial charge >= 0.3 is 6.29 Å². The van der Waals surface area contributed by atoms with Gasteiger partial charge in [-0.2, -0.15) is 4.98 Å². The first-order valence-electron chi connectivity index (χ1n) is 10.7. The van der Waals surface area contributed by atoms with Gasteiger partial charge in [0.25, 0.3) is 5.91 Å². The predicted octanol–water partition coefficient (Wildman–Crippen LogP) is 3.57. The van der Waals surface area contributed by atoms with Crippen LogP contribution < -0.4 is 25.0 Å². The molecule has 2 aliphatic rings. The van der Waals surface area contributed by atoms with Gasteiger partial charge in [-0.3, -0.25) is 4.79 Å². The molecule has 1 saturated carbocycles. The number of carbonyl (C=O) groups excluding carboxylic acids is 1. The number of alkyl halides is 2. The molecular weight excluding hydrogens is 420 g/mol. The summed E-state index contributed by atoms with van der Waals surface area (Å²) in [6.45, 7) is 2.48. The molecule has 2 N–H and O–H groups in total. The predicted molar refractivity (Wildman–Crippen MR) is 115 cm³/mol. The molecule has 32 heavy (non-hydrogen) atoms. The van der Waals surface area contributed by atoms with E-state index in [-0.39, 0.29) is 29.0 Å². The smallest absolute Gasteiger partial charge is 0.395 e. The highest BCUT2D eigenvalue weighted by Crippen LogP contribution is 2.41. The third kappa shape index (κ3) is 5.17. The second-order valence-corrected chi connectivity index (χ2v) is 8.49. The number of amides is 1. The maximum atomic E-state index is 13.1. The molecule has 1 aliphatic carbocycles. The van der Waals surface area contributed by atoms with Crippen molar-refractivity contribution < 1.29 is 23.0 Å². The average Bonchev–Trinajstić information content (AvgIpc) is 3.05. The van der Waals surface area contributed by atoms with Crippen molar-refractivity contribution >= 4 is 17.7 Å². The first kappa shape index (κ1) is 22.0. The number of benzene rings is 1. The number of hydrogen-bond donors (Lipinski definition) is 2. The SMILES string of the molecule is Cc1cc(N(C)C)nc(NC2CCC(CNC(=O)c3ccc4c(c3)OC(F)(F)O4)CC2)n1. The summed E-state index contributed by atoms with van der Waals surface area (Å²) in [7, 11) is 3.90. The summed E-state index contributed by atoms with van der Waals surface area (Å²) >= 11 is 0. The van der Waals surface area contributed by atoms with Crippen molar-refractivity contribution in [1.29, 1.82) is 0 Å². The molecule has 1 amide bonds. The first-order chi connectivity index (χ1) is 15.2. The van der Waals surface area contributed by atoms with Crippen LogP contribution in [0.1, 0.15) is 41.7 Å². The molecule has 172 valence electrons. The molecule has 0 unspecified atom stereocenters. The Hall–Kier alpha value is -3.17. The van der Waals surface area contributed by atoms with E-state index in [9.17, 15) is 13.6 Å². The summed E-state index contributed by atoms with van der Waals surface area (Å²) in [5, 5.41) is 6.33. The second kappa shape index (κ2) is 8.76. The maximum Gasteiger partial charge on any atom is 0.586 e. The third-order valence-corrected chi connectivity index (χ3v) is 5.69. The largest absolute Gasteiger partial charge is 0.586 e. The Kier molecular flexibility index (Phi) is 6.03. The zero-order valence-electron chi connectivity index (χ0n) is 18.3. The Bertz CT molecular complexity index is 994. The van der Waals surface area contributed by atoms with Gasteiger partial charge in [0.15, 0.2) is 11.5 Å². The van der Waals surface area contributed by atoms with E-state index in [4.69, 9.17) is 0 Å². The Labute approximate surface area is 185 Å². The van der Waals surface area contributed by atoms with E-state index >= 15 is 0 Å². The van der Waals surface area contributed by atoms with Crippen LogP contribution in [0.3, 0.4) is 0 Å². The van der Waals surface area contributed by atoms with Gasteiger partial charge in [0.2, 0.25) is 5.95 Å². The highest BCUT2D eigenvalue weighted by atomic mass is 19.3. The summed E-state index contributed by atoms with van der Waals surface area (Å²) in [5.74, 6) is 1.32. The van der Waals surface area contributed by atoms with E-state index in [1.807, 2.05) is 32.0 Å². The maximum absolute atomic E-state index is 13.1. The van der Waals surface area contributed by atoms with E-state index < -0.39 is 6.29 Å². The quantitative estimate of drug-likeness (QED) is 0.700. The number of hydrogen-bond acceptors (Lipinski definition) is 7. The standard InChI is InChI=1S/C22H27F2N5O3/c1-13-10-19(29(2)3)28-21(26-13)27-16-7-4-14(5-8-16)12-25-20(30)15-6-9-17-18(11-15)32-22(23,24)31-17/h6,9-11,14,16H,4-5,7-8,12H2,1-3H3,(H,25,30)(H,26,27,28). The number of nitrogens with zero attached hydrogens (tertiary/aromatic N) is 3. The van der Waals surface area contributed by atoms with Gasteiger partial charge in [0.05, 0.1) is 0 Å². The van der Waals surface area contributed by atoms with Crippen molar-refractivity contribution in [3.63, 3.8) is 0 Å². The van der Waals surface area contributed by atoms with Crippen LogP contribution in [0.4, 0.5) is 20.5 Å². The van der Waals surface area contributed by atoms with Crippen LogP contribution in [0.5, 0.6) is 11.5 Å². The summed E-state index contributed by atoms with van der Waals surface area (Å²) in [5.41, 5.74) is 1.17. The molecule has 1 fully saturated rings. The normalized spacial score (nSPS) is 21.2. The van der Waals surface area contributed by atoms with Crippen molar-refractivity contribution in [1.82, 2.24) is 15.3 Å². The average molecular weight is 447 g/mol. The highest BCUT2D eigenvalue weighted by Gasteiger charge is 2.43. The summed E-state index contributed by atoms with van der Waals surface area (Å²) in [6, 6.07) is 6.27. The highest BCUT2D eigenvalue weighted by molar-refractivity contribution is 5.94. The monoisotopic (exact) mass is 447 g/mol. The van der Waals surface area contributed by atoms with Gasteiger partial charge in [-0.15, -0.1) is 8.78 Å². The number of ether oxygens (including phenoxy) is 2. The number of halogens is 2. The fourth-order valence-electron chi connectivity index (χ4n) is 3.97. The van der Waals surface area contributed by atoms with Gasteiger partial charge in [0, 0.05) is 44.0 Å². The fraction of sp³-hybridized carbons (Fsp3) is 0.500. The number of carbonyl (C=O) groups is 1. The Morgan fingerprint density at radius 3 is 2.56 bits per heavy atom. The minimum atomic E-state index is -3.69. The lowest BCUT2D eigenvalue weighted by Crippen LogP contribution is -2.34. The molecule has 1 aromatic heterocycles. The van der Waals surface area contributed by atoms with Crippen LogP contribution in [0.25, 0.3) is 0 Å². The Balaban J connectivity index is 1.25. The van der Waals surface area contributed by atoms with Crippen molar-refractivity contribution in [2.45, 2.75) is 44.9 Å². The molecule has 0 atom stereocenters. The molecule has 0 radical (unpaired) electrons. The van der Waals surface area contributed by atoms with Gasteiger partial charge < -0.3 is 25.0 Å². The van der Waals surface area contributed by atoms with Crippen LogP contribution in [0.2, 0.25) is 0 Å². The van der Waals surface area contributed by atoms with Crippen molar-refractivity contribution in [2.75, 3.05) is 30.9 Å². The lowest BCUT2D eigenvalue weighted by atomic mass is 9.86. The topological polar surface area (TPSA) is 88.6 Å². The van der Waals surface area contributed by atoms with Crippen LogP contribution >= 0.6 is 0 Å². The fourth-order valence-corrected chi connectivity index (χ4v) is 3.97. The van der Waals surface area contributed by atoms with E-state index in [0.717, 1.165) is 37.2 Å². The Morgan fingerprint density at radius 1 is 1.12 bits per heavy atom. The lowest BCUT2D eigenvalue weighted by molar-refractivity contribution is -0.286. The third-order valence-electron chi connectivity index (χ3n) is 5.69. The lowest BCUT2D eigenvalue weighted by Gasteiger charge is -2.29. The van der Waals surface area contributed by atoms with Crippen LogP contribution in [0.15, 0.2) is 24.3 Å². The number of aryl methyl sites for hydroxylation is 1. The number of nitrogens with one attached hydrogen (secondary N) is 2. The number of aromatic nitrogens is 2. The van der Waals surface area contributed by atoms with E-state index in [0.29, 0.717) is 18.4 Å². The first-order valence-corrected chi connectivity index (χ1v) is 10.7. The molecule has 0 saturated heterocycles. The molecule has 2 aromatic rings. The zero-order chi connectivity index (χ0) is 22.9. The molecule has 0 bridgehead atoms. The molecular formula is C22H27F2N5O3. The summed E-state index contributed by atoms with van der Waals surface area (Å²) < 4.78 is 35.1. The molecule has 4 rings (SSSR count). The summed E-state index contributed by atoms with van der Waals surface area (Å²) in [6.07, 6.45) is 0.124. The number of rotatable bonds is 6. The van der Waals surface area contributed by atoms with Crippen molar-refractivity contribution in [3.05, 3.63) is 35.5 Å². The van der Waals surface area contributed by atoms with Gasteiger partial charge in [0.1, 0.15) is 5.82 Å². The molecule has 1 aliphatic heterocycles. The second-order valence-electron chi connectivity index (χ2n) is 8.49. The molecule has 2 heterocycles. The van der Waals surface area contributed by atoms with Crippen LogP contribution in [-0.4, -0.2) is 48.9 Å². The van der Waals surface area contributed by atoms with E-state index in [1.54, 1.807) is 0 Å². The minimum Gasteiger partial charge on any atom is -0.395 e.